The topological polar surface area (TPSA) is 107 Å². The third-order valence-electron chi connectivity index (χ3n) is 3.68. The monoisotopic (exact) mass is 397 g/mol. The Kier molecular flexibility index (Phi) is 6.17. The maximum Gasteiger partial charge on any atom is 0.333 e. The number of sulfone groups is 1. The van der Waals surface area contributed by atoms with Crippen LogP contribution in [0.1, 0.15) is 24.8 Å². The van der Waals surface area contributed by atoms with Crippen LogP contribution in [0.3, 0.4) is 0 Å². The zero-order valence-electron chi connectivity index (χ0n) is 14.2. The second-order valence-electron chi connectivity index (χ2n) is 5.60. The molecule has 26 heavy (non-hydrogen) atoms. The number of carbonyl (C=O) groups excluding carboxylic acids is 1. The summed E-state index contributed by atoms with van der Waals surface area (Å²) in [6.45, 7) is 1.77. The third kappa shape index (κ3) is 4.69. The summed E-state index contributed by atoms with van der Waals surface area (Å²) in [6.07, 6.45) is 1.31. The van der Waals surface area contributed by atoms with Gasteiger partial charge in [-0.15, -0.1) is 0 Å². The molecule has 0 amide bonds. The minimum absolute atomic E-state index is 0.376. The van der Waals surface area contributed by atoms with Crippen LogP contribution < -0.4 is 4.89 Å². The highest BCUT2D eigenvalue weighted by Crippen LogP contribution is 2.22. The van der Waals surface area contributed by atoms with E-state index >= 15 is 0 Å². The van der Waals surface area contributed by atoms with Crippen molar-refractivity contribution in [1.29, 1.82) is 0 Å². The second-order valence-corrected chi connectivity index (χ2v) is 9.20. The van der Waals surface area contributed by atoms with E-state index in [4.69, 9.17) is 4.84 Å². The van der Waals surface area contributed by atoms with E-state index in [1.807, 2.05) is 0 Å². The van der Waals surface area contributed by atoms with Gasteiger partial charge < -0.3 is 4.84 Å². The van der Waals surface area contributed by atoms with Crippen molar-refractivity contribution >= 4 is 25.8 Å². The molecule has 0 heterocycles. The molecule has 0 aliphatic carbocycles. The first-order valence-electron chi connectivity index (χ1n) is 7.73. The zero-order valence-corrected chi connectivity index (χ0v) is 15.9. The van der Waals surface area contributed by atoms with E-state index in [1.54, 1.807) is 42.1 Å². The van der Waals surface area contributed by atoms with E-state index in [2.05, 4.69) is 0 Å². The summed E-state index contributed by atoms with van der Waals surface area (Å²) in [4.78, 5) is 17.9. The fourth-order valence-corrected chi connectivity index (χ4v) is 4.83. The van der Waals surface area contributed by atoms with Crippen LogP contribution in [0.25, 0.3) is 0 Å². The normalized spacial score (nSPS) is 13.2. The molecule has 7 nitrogen and oxygen atoms in total. The molecule has 0 aliphatic rings. The van der Waals surface area contributed by atoms with Crippen molar-refractivity contribution in [3.8, 4) is 0 Å². The molecule has 1 unspecified atom stereocenters. The summed E-state index contributed by atoms with van der Waals surface area (Å²) in [7, 11) is -8.14. The number of hydrogen-bond donors (Lipinski definition) is 1. The smallest absolute Gasteiger partial charge is 0.333 e. The number of rotatable bonds is 7. The molecule has 0 saturated heterocycles. The Balaban J connectivity index is 2.22. The number of sulfonamides is 1. The highest BCUT2D eigenvalue weighted by Gasteiger charge is 2.27. The highest BCUT2D eigenvalue weighted by atomic mass is 32.2. The lowest BCUT2D eigenvalue weighted by Gasteiger charge is -2.15. The largest absolute Gasteiger partial charge is 0.355 e. The van der Waals surface area contributed by atoms with E-state index in [0.717, 1.165) is 12.3 Å². The summed E-state index contributed by atoms with van der Waals surface area (Å²) in [5, 5.41) is 0. The van der Waals surface area contributed by atoms with Gasteiger partial charge in [-0.05, 0) is 29.0 Å². The van der Waals surface area contributed by atoms with Crippen LogP contribution >= 0.6 is 0 Å². The van der Waals surface area contributed by atoms with Crippen molar-refractivity contribution in [1.82, 2.24) is 4.89 Å². The fraction of sp³-hybridized carbons (Fsp3) is 0.235. The molecule has 0 spiro atoms. The average Bonchev–Trinajstić information content (AvgIpc) is 2.61. The maximum atomic E-state index is 12.4. The Labute approximate surface area is 152 Å². The first-order valence-corrected chi connectivity index (χ1v) is 11.1. The van der Waals surface area contributed by atoms with Gasteiger partial charge >= 0.3 is 5.97 Å². The van der Waals surface area contributed by atoms with Gasteiger partial charge in [0, 0.05) is 6.26 Å². The van der Waals surface area contributed by atoms with Crippen LogP contribution in [0.15, 0.2) is 64.4 Å². The van der Waals surface area contributed by atoms with Gasteiger partial charge in [0.15, 0.2) is 9.84 Å². The van der Waals surface area contributed by atoms with Gasteiger partial charge in [-0.3, -0.25) is 0 Å². The van der Waals surface area contributed by atoms with E-state index < -0.39 is 36.6 Å². The van der Waals surface area contributed by atoms with Crippen molar-refractivity contribution in [3.63, 3.8) is 0 Å². The SMILES string of the molecule is CCC(C(=O)ONS(=O)(=O)c1ccccc1S(C)(=O)=O)c1ccccc1. The van der Waals surface area contributed by atoms with Gasteiger partial charge in [0.05, 0.1) is 10.8 Å². The molecule has 0 bridgehead atoms. The predicted octanol–water partition coefficient (Wildman–Crippen LogP) is 2.02. The average molecular weight is 397 g/mol. The Morgan fingerprint density at radius 3 is 2.04 bits per heavy atom. The number of nitrogens with one attached hydrogen (secondary N) is 1. The molecule has 0 radical (unpaired) electrons. The first kappa shape index (κ1) is 20.1. The number of carbonyl (C=O) groups is 1. The Morgan fingerprint density at radius 2 is 1.50 bits per heavy atom. The molecule has 0 fully saturated rings. The lowest BCUT2D eigenvalue weighted by molar-refractivity contribution is -0.149. The molecule has 1 N–H and O–H groups in total. The molecule has 0 saturated carbocycles. The van der Waals surface area contributed by atoms with Gasteiger partial charge in [0.25, 0.3) is 10.0 Å². The van der Waals surface area contributed by atoms with Gasteiger partial charge in [-0.2, -0.15) is 0 Å². The lowest BCUT2D eigenvalue weighted by Crippen LogP contribution is -2.30. The lowest BCUT2D eigenvalue weighted by atomic mass is 9.97. The highest BCUT2D eigenvalue weighted by molar-refractivity contribution is 7.93. The molecule has 0 aromatic heterocycles. The maximum absolute atomic E-state index is 12.4. The van der Waals surface area contributed by atoms with Crippen LogP contribution in [-0.4, -0.2) is 29.1 Å². The van der Waals surface area contributed by atoms with Crippen LogP contribution in [0.5, 0.6) is 0 Å². The summed E-state index contributed by atoms with van der Waals surface area (Å²) < 4.78 is 48.4. The van der Waals surface area contributed by atoms with Crippen molar-refractivity contribution in [2.45, 2.75) is 29.1 Å². The van der Waals surface area contributed by atoms with Crippen molar-refractivity contribution < 1.29 is 26.5 Å². The first-order chi connectivity index (χ1) is 12.2. The standard InChI is InChI=1S/C17H19NO6S2/c1-3-14(13-9-5-4-6-10-13)17(19)24-18-26(22,23)16-12-8-7-11-15(16)25(2,20)21/h4-12,14,18H,3H2,1-2H3. The molecule has 140 valence electrons. The predicted molar refractivity (Wildman–Crippen MR) is 95.4 cm³/mol. The molecular weight excluding hydrogens is 378 g/mol. The van der Waals surface area contributed by atoms with Crippen LogP contribution in [-0.2, 0) is 29.5 Å². The van der Waals surface area contributed by atoms with Crippen LogP contribution in [0.4, 0.5) is 0 Å². The molecular formula is C17H19NO6S2. The number of benzene rings is 2. The van der Waals surface area contributed by atoms with Crippen LogP contribution in [0.2, 0.25) is 0 Å². The van der Waals surface area contributed by atoms with Crippen molar-refractivity contribution in [2.75, 3.05) is 6.26 Å². The molecule has 2 aromatic rings. The zero-order chi connectivity index (χ0) is 19.4. The molecule has 0 aliphatic heterocycles. The van der Waals surface area contributed by atoms with E-state index in [1.165, 1.54) is 18.2 Å². The Hall–Kier alpha value is -2.23. The molecule has 2 aromatic carbocycles. The van der Waals surface area contributed by atoms with Gasteiger partial charge in [-0.25, -0.2) is 21.6 Å². The quantitative estimate of drug-likeness (QED) is 0.717. The third-order valence-corrected chi connectivity index (χ3v) is 6.21. The minimum Gasteiger partial charge on any atom is -0.355 e. The Morgan fingerprint density at radius 1 is 0.962 bits per heavy atom. The van der Waals surface area contributed by atoms with Gasteiger partial charge in [-0.1, -0.05) is 49.4 Å². The molecule has 9 heteroatoms. The summed E-state index contributed by atoms with van der Waals surface area (Å²) in [5.41, 5.74) is 0.690. The second kappa shape index (κ2) is 7.98. The van der Waals surface area contributed by atoms with Crippen molar-refractivity contribution in [2.24, 2.45) is 0 Å². The summed E-state index contributed by atoms with van der Waals surface area (Å²) in [5.74, 6) is -1.43. The summed E-state index contributed by atoms with van der Waals surface area (Å²) >= 11 is 0. The van der Waals surface area contributed by atoms with Gasteiger partial charge in [0.2, 0.25) is 0 Å². The van der Waals surface area contributed by atoms with Crippen LogP contribution in [0, 0.1) is 0 Å². The Bertz CT molecular complexity index is 985. The van der Waals surface area contributed by atoms with Crippen molar-refractivity contribution in [3.05, 3.63) is 60.2 Å². The van der Waals surface area contributed by atoms with E-state index in [0.29, 0.717) is 12.0 Å². The molecule has 1 atom stereocenters. The minimum atomic E-state index is -4.37. The molecule has 2 rings (SSSR count). The van der Waals surface area contributed by atoms with Gasteiger partial charge in [0.1, 0.15) is 4.90 Å². The summed E-state index contributed by atoms with van der Waals surface area (Å²) in [6, 6.07) is 13.9. The fourth-order valence-electron chi connectivity index (χ4n) is 2.41. The van der Waals surface area contributed by atoms with E-state index in [9.17, 15) is 21.6 Å². The number of hydrogen-bond acceptors (Lipinski definition) is 6. The van der Waals surface area contributed by atoms with E-state index in [-0.39, 0.29) is 4.90 Å².